The second-order valence-electron chi connectivity index (χ2n) is 11.5. The van der Waals surface area contributed by atoms with Crippen LogP contribution in [0.15, 0.2) is 83.1 Å². The lowest BCUT2D eigenvalue weighted by molar-refractivity contribution is -0.133. The lowest BCUT2D eigenvalue weighted by Gasteiger charge is -2.38. The Morgan fingerprint density at radius 3 is 2.38 bits per heavy atom. The molecular weight excluding hydrogens is 524 g/mol. The molecule has 0 radical (unpaired) electrons. The molecular formula is C32H36N2O3S2. The Morgan fingerprint density at radius 1 is 1.00 bits per heavy atom. The van der Waals surface area contributed by atoms with Gasteiger partial charge in [-0.1, -0.05) is 81.4 Å². The van der Waals surface area contributed by atoms with E-state index in [0.29, 0.717) is 11.9 Å². The fourth-order valence-electron chi connectivity index (χ4n) is 5.43. The summed E-state index contributed by atoms with van der Waals surface area (Å²) in [5.74, 6) is -0.186. The number of fused-ring (bicyclic) bond motifs is 2. The SMILES string of the molecule is CC(C)N(CC(=O)N1CCc2sccc2C1c1ccc(C(C)(C)C)cc1)S(=O)(=O)c1cccc2ccccc12. The minimum Gasteiger partial charge on any atom is -0.330 e. The van der Waals surface area contributed by atoms with Crippen molar-refractivity contribution in [1.29, 1.82) is 0 Å². The molecule has 204 valence electrons. The molecule has 4 aromatic rings. The largest absolute Gasteiger partial charge is 0.330 e. The van der Waals surface area contributed by atoms with Crippen molar-refractivity contribution in [3.05, 3.63) is 99.7 Å². The van der Waals surface area contributed by atoms with Gasteiger partial charge in [0.15, 0.2) is 0 Å². The molecule has 1 atom stereocenters. The molecule has 2 heterocycles. The minimum atomic E-state index is -3.93. The highest BCUT2D eigenvalue weighted by Gasteiger charge is 2.37. The van der Waals surface area contributed by atoms with Crippen molar-refractivity contribution in [2.24, 2.45) is 0 Å². The third-order valence-corrected chi connectivity index (χ3v) is 10.7. The van der Waals surface area contributed by atoms with E-state index in [4.69, 9.17) is 0 Å². The minimum absolute atomic E-state index is 0.0296. The molecule has 1 aliphatic rings. The zero-order valence-corrected chi connectivity index (χ0v) is 24.9. The maximum absolute atomic E-state index is 14.0. The standard InChI is InChI=1S/C32H36N2O3S2/c1-22(2)34(39(36,37)29-12-8-10-23-9-6-7-11-26(23)29)21-30(35)33-19-17-28-27(18-20-38-28)31(33)24-13-15-25(16-14-24)32(3,4)5/h6-16,18,20,22,31H,17,19,21H2,1-5H3. The number of nitrogens with zero attached hydrogens (tertiary/aromatic N) is 2. The second kappa shape index (κ2) is 10.5. The highest BCUT2D eigenvalue weighted by molar-refractivity contribution is 7.89. The summed E-state index contributed by atoms with van der Waals surface area (Å²) in [6, 6.07) is 22.8. The van der Waals surface area contributed by atoms with Gasteiger partial charge in [0.05, 0.1) is 17.5 Å². The van der Waals surface area contributed by atoms with Crippen molar-refractivity contribution in [2.45, 2.75) is 63.4 Å². The number of carbonyl (C=O) groups excluding carboxylic acids is 1. The van der Waals surface area contributed by atoms with Crippen LogP contribution in [0.1, 0.15) is 62.2 Å². The number of carbonyl (C=O) groups is 1. The molecule has 1 unspecified atom stereocenters. The average Bonchev–Trinajstić information content (AvgIpc) is 3.39. The maximum Gasteiger partial charge on any atom is 0.244 e. The smallest absolute Gasteiger partial charge is 0.244 e. The normalized spacial score (nSPS) is 16.2. The van der Waals surface area contributed by atoms with E-state index in [0.717, 1.165) is 22.9 Å². The van der Waals surface area contributed by atoms with E-state index in [1.807, 2.05) is 49.1 Å². The van der Waals surface area contributed by atoms with E-state index in [1.54, 1.807) is 23.5 Å². The van der Waals surface area contributed by atoms with Crippen LogP contribution in [0.2, 0.25) is 0 Å². The van der Waals surface area contributed by atoms with Crippen molar-refractivity contribution in [1.82, 2.24) is 9.21 Å². The summed E-state index contributed by atoms with van der Waals surface area (Å²) in [6.07, 6.45) is 0.771. The Bertz CT molecular complexity index is 1590. The Morgan fingerprint density at radius 2 is 1.69 bits per heavy atom. The number of sulfonamides is 1. The summed E-state index contributed by atoms with van der Waals surface area (Å²) in [4.78, 5) is 17.4. The molecule has 39 heavy (non-hydrogen) atoms. The van der Waals surface area contributed by atoms with Gasteiger partial charge in [-0.25, -0.2) is 8.42 Å². The predicted molar refractivity (Wildman–Crippen MR) is 160 cm³/mol. The molecule has 7 heteroatoms. The molecule has 0 aliphatic carbocycles. The first kappa shape index (κ1) is 27.6. The van der Waals surface area contributed by atoms with Crippen molar-refractivity contribution >= 4 is 38.0 Å². The van der Waals surface area contributed by atoms with Crippen molar-refractivity contribution in [2.75, 3.05) is 13.1 Å². The number of amides is 1. The van der Waals surface area contributed by atoms with Gasteiger partial charge in [-0.05, 0) is 65.3 Å². The van der Waals surface area contributed by atoms with E-state index in [9.17, 15) is 13.2 Å². The zero-order chi connectivity index (χ0) is 27.9. The first-order valence-electron chi connectivity index (χ1n) is 13.4. The highest BCUT2D eigenvalue weighted by atomic mass is 32.2. The third-order valence-electron chi connectivity index (χ3n) is 7.58. The van der Waals surface area contributed by atoms with Crippen LogP contribution >= 0.6 is 11.3 Å². The molecule has 0 fully saturated rings. The lowest BCUT2D eigenvalue weighted by Crippen LogP contribution is -2.48. The van der Waals surface area contributed by atoms with Crippen molar-refractivity contribution in [3.63, 3.8) is 0 Å². The summed E-state index contributed by atoms with van der Waals surface area (Å²) in [5, 5.41) is 3.60. The summed E-state index contributed by atoms with van der Waals surface area (Å²) >= 11 is 1.72. The summed E-state index contributed by atoms with van der Waals surface area (Å²) in [5.41, 5.74) is 3.44. The molecule has 0 saturated heterocycles. The number of hydrogen-bond donors (Lipinski definition) is 0. The van der Waals surface area contributed by atoms with Crippen LogP contribution in [0.25, 0.3) is 10.8 Å². The number of hydrogen-bond acceptors (Lipinski definition) is 4. The molecule has 1 amide bonds. The number of thiophene rings is 1. The van der Waals surface area contributed by atoms with Crippen molar-refractivity contribution < 1.29 is 13.2 Å². The van der Waals surface area contributed by atoms with Gasteiger partial charge in [0.1, 0.15) is 0 Å². The maximum atomic E-state index is 14.0. The van der Waals surface area contributed by atoms with E-state index in [-0.39, 0.29) is 34.8 Å². The van der Waals surface area contributed by atoms with Crippen LogP contribution in [0.3, 0.4) is 0 Å². The van der Waals surface area contributed by atoms with Crippen LogP contribution in [-0.4, -0.2) is 42.7 Å². The molecule has 1 aliphatic heterocycles. The number of benzene rings is 3. The van der Waals surface area contributed by atoms with Gasteiger partial charge in [-0.3, -0.25) is 4.79 Å². The molecule has 1 aromatic heterocycles. The fraction of sp³-hybridized carbons (Fsp3) is 0.344. The molecule has 5 nitrogen and oxygen atoms in total. The molecule has 0 bridgehead atoms. The molecule has 0 spiro atoms. The van der Waals surface area contributed by atoms with Gasteiger partial charge in [0.2, 0.25) is 15.9 Å². The van der Waals surface area contributed by atoms with Gasteiger partial charge in [-0.15, -0.1) is 11.3 Å². The zero-order valence-electron chi connectivity index (χ0n) is 23.2. The molecule has 0 saturated carbocycles. The highest BCUT2D eigenvalue weighted by Crippen LogP contribution is 2.39. The topological polar surface area (TPSA) is 57.7 Å². The first-order valence-corrected chi connectivity index (χ1v) is 15.8. The van der Waals surface area contributed by atoms with E-state index >= 15 is 0 Å². The van der Waals surface area contributed by atoms with Gasteiger partial charge in [-0.2, -0.15) is 4.31 Å². The van der Waals surface area contributed by atoms with Crippen LogP contribution < -0.4 is 0 Å². The Labute approximate surface area is 236 Å². The van der Waals surface area contributed by atoms with Gasteiger partial charge >= 0.3 is 0 Å². The summed E-state index contributed by atoms with van der Waals surface area (Å²) in [7, 11) is -3.93. The first-order chi connectivity index (χ1) is 18.5. The van der Waals surface area contributed by atoms with E-state index in [1.165, 1.54) is 14.7 Å². The Kier molecular flexibility index (Phi) is 7.44. The Balaban J connectivity index is 1.50. The van der Waals surface area contributed by atoms with Crippen LogP contribution in [0.5, 0.6) is 0 Å². The summed E-state index contributed by atoms with van der Waals surface area (Å²) < 4.78 is 29.4. The Hall–Kier alpha value is -3.00. The van der Waals surface area contributed by atoms with Crippen LogP contribution in [-0.2, 0) is 26.7 Å². The third kappa shape index (κ3) is 5.28. The average molecular weight is 561 g/mol. The van der Waals surface area contributed by atoms with E-state index in [2.05, 4.69) is 56.5 Å². The predicted octanol–water partition coefficient (Wildman–Crippen LogP) is 6.77. The summed E-state index contributed by atoms with van der Waals surface area (Å²) in [6.45, 7) is 10.6. The molecule has 3 aromatic carbocycles. The van der Waals surface area contributed by atoms with E-state index < -0.39 is 10.0 Å². The quantitative estimate of drug-likeness (QED) is 0.261. The monoisotopic (exact) mass is 560 g/mol. The van der Waals surface area contributed by atoms with Gasteiger partial charge < -0.3 is 4.90 Å². The van der Waals surface area contributed by atoms with Crippen LogP contribution in [0.4, 0.5) is 0 Å². The molecule has 5 rings (SSSR count). The van der Waals surface area contributed by atoms with Crippen LogP contribution in [0, 0.1) is 0 Å². The number of rotatable bonds is 6. The fourth-order valence-corrected chi connectivity index (χ4v) is 8.13. The van der Waals surface area contributed by atoms with Gasteiger partial charge in [0.25, 0.3) is 0 Å². The lowest BCUT2D eigenvalue weighted by atomic mass is 9.85. The van der Waals surface area contributed by atoms with Gasteiger partial charge in [0, 0.05) is 22.8 Å². The second-order valence-corrected chi connectivity index (χ2v) is 14.4. The van der Waals surface area contributed by atoms with Crippen molar-refractivity contribution in [3.8, 4) is 0 Å². The molecule has 0 N–H and O–H groups in total.